The molecule has 1 aromatic carbocycles. The zero-order valence-corrected chi connectivity index (χ0v) is 6.90. The molecule has 0 fully saturated rings. The molecule has 2 rings (SSSR count). The quantitative estimate of drug-likeness (QED) is 0.697. The van der Waals surface area contributed by atoms with Crippen molar-refractivity contribution in [3.63, 3.8) is 0 Å². The van der Waals surface area contributed by atoms with E-state index in [2.05, 4.69) is 34.8 Å². The number of hydrazone groups is 1. The molecule has 1 unspecified atom stereocenters. The fourth-order valence-corrected chi connectivity index (χ4v) is 1.42. The zero-order chi connectivity index (χ0) is 8.23. The van der Waals surface area contributed by atoms with Gasteiger partial charge in [0.05, 0.1) is 6.04 Å². The van der Waals surface area contributed by atoms with Gasteiger partial charge in [-0.3, -0.25) is 0 Å². The van der Waals surface area contributed by atoms with E-state index in [9.17, 15) is 0 Å². The zero-order valence-electron chi connectivity index (χ0n) is 6.90. The normalized spacial score (nSPS) is 20.8. The lowest BCUT2D eigenvalue weighted by molar-refractivity contribution is 0.582. The van der Waals surface area contributed by atoms with Crippen molar-refractivity contribution < 1.29 is 0 Å². The summed E-state index contributed by atoms with van der Waals surface area (Å²) in [4.78, 5) is 0. The minimum atomic E-state index is 0.507. The molecule has 0 amide bonds. The van der Waals surface area contributed by atoms with E-state index < -0.39 is 0 Å². The van der Waals surface area contributed by atoms with Gasteiger partial charge < -0.3 is 5.43 Å². The van der Waals surface area contributed by atoms with Gasteiger partial charge in [-0.1, -0.05) is 30.3 Å². The molecule has 1 N–H and O–H groups in total. The summed E-state index contributed by atoms with van der Waals surface area (Å²) in [6.07, 6.45) is 4.06. The van der Waals surface area contributed by atoms with Gasteiger partial charge in [0.25, 0.3) is 0 Å². The number of nitrogens with zero attached hydrogens (tertiary/aromatic N) is 1. The van der Waals surface area contributed by atoms with Gasteiger partial charge in [0, 0.05) is 12.6 Å². The summed E-state index contributed by atoms with van der Waals surface area (Å²) < 4.78 is 0. The molecule has 0 saturated heterocycles. The van der Waals surface area contributed by atoms with Crippen LogP contribution < -0.4 is 5.43 Å². The van der Waals surface area contributed by atoms with Crippen molar-refractivity contribution in [2.45, 2.75) is 18.9 Å². The monoisotopic (exact) mass is 160 g/mol. The number of nitrogens with one attached hydrogen (secondary N) is 1. The van der Waals surface area contributed by atoms with Crippen LogP contribution in [0.2, 0.25) is 0 Å². The minimum Gasteiger partial charge on any atom is -0.307 e. The van der Waals surface area contributed by atoms with Gasteiger partial charge in [-0.15, -0.1) is 0 Å². The molecule has 2 nitrogen and oxygen atoms in total. The summed E-state index contributed by atoms with van der Waals surface area (Å²) in [5.74, 6) is 0. The first-order valence-corrected chi connectivity index (χ1v) is 4.26. The first kappa shape index (κ1) is 7.35. The fraction of sp³-hybridized carbons (Fsp3) is 0.300. The van der Waals surface area contributed by atoms with Gasteiger partial charge in [0.1, 0.15) is 0 Å². The molecule has 0 saturated carbocycles. The average molecular weight is 160 g/mol. The predicted molar refractivity (Wildman–Crippen MR) is 50.2 cm³/mol. The molecule has 1 heterocycles. The Kier molecular flexibility index (Phi) is 2.08. The highest BCUT2D eigenvalue weighted by Gasteiger charge is 2.10. The smallest absolute Gasteiger partial charge is 0.0530 e. The van der Waals surface area contributed by atoms with Crippen LogP contribution in [0.1, 0.15) is 12.0 Å². The van der Waals surface area contributed by atoms with Crippen molar-refractivity contribution in [2.24, 2.45) is 5.10 Å². The van der Waals surface area contributed by atoms with Crippen molar-refractivity contribution in [1.82, 2.24) is 5.43 Å². The molecule has 2 heteroatoms. The molecular formula is C10H12N2. The van der Waals surface area contributed by atoms with E-state index in [1.165, 1.54) is 5.56 Å². The first-order valence-electron chi connectivity index (χ1n) is 4.26. The van der Waals surface area contributed by atoms with Crippen molar-refractivity contribution >= 4 is 6.21 Å². The van der Waals surface area contributed by atoms with Crippen molar-refractivity contribution in [2.75, 3.05) is 0 Å². The van der Waals surface area contributed by atoms with E-state index >= 15 is 0 Å². The summed E-state index contributed by atoms with van der Waals surface area (Å²) in [7, 11) is 0. The number of hydrogen-bond acceptors (Lipinski definition) is 2. The second kappa shape index (κ2) is 3.39. The second-order valence-corrected chi connectivity index (χ2v) is 3.06. The highest BCUT2D eigenvalue weighted by Crippen LogP contribution is 2.06. The van der Waals surface area contributed by atoms with E-state index in [-0.39, 0.29) is 0 Å². The van der Waals surface area contributed by atoms with E-state index in [1.807, 2.05) is 12.3 Å². The Morgan fingerprint density at radius 3 is 2.83 bits per heavy atom. The van der Waals surface area contributed by atoms with Crippen LogP contribution in [0.15, 0.2) is 35.4 Å². The third-order valence-electron chi connectivity index (χ3n) is 2.06. The second-order valence-electron chi connectivity index (χ2n) is 3.06. The molecule has 1 aromatic rings. The predicted octanol–water partition coefficient (Wildman–Crippen LogP) is 1.58. The van der Waals surface area contributed by atoms with Crippen LogP contribution in [-0.4, -0.2) is 12.3 Å². The van der Waals surface area contributed by atoms with Crippen LogP contribution in [0.25, 0.3) is 0 Å². The summed E-state index contributed by atoms with van der Waals surface area (Å²) in [6.45, 7) is 0. The van der Waals surface area contributed by atoms with Gasteiger partial charge in [-0.2, -0.15) is 5.10 Å². The SMILES string of the molecule is C1=NNC(Cc2ccccc2)C1. The lowest BCUT2D eigenvalue weighted by Crippen LogP contribution is -2.21. The van der Waals surface area contributed by atoms with Crippen LogP contribution in [0, 0.1) is 0 Å². The molecular weight excluding hydrogens is 148 g/mol. The Labute approximate surface area is 72.3 Å². The highest BCUT2D eigenvalue weighted by atomic mass is 15.3. The van der Waals surface area contributed by atoms with Crippen molar-refractivity contribution in [3.05, 3.63) is 35.9 Å². The highest BCUT2D eigenvalue weighted by molar-refractivity contribution is 5.59. The first-order chi connectivity index (χ1) is 5.95. The Bertz CT molecular complexity index is 258. The standard InChI is InChI=1S/C10H12N2/c1-2-4-9(5-3-1)8-10-6-7-11-12-10/h1-5,7,10,12H,6,8H2. The van der Waals surface area contributed by atoms with E-state index in [0.717, 1.165) is 12.8 Å². The van der Waals surface area contributed by atoms with Crippen molar-refractivity contribution in [3.8, 4) is 0 Å². The molecule has 1 aliphatic heterocycles. The van der Waals surface area contributed by atoms with Crippen LogP contribution >= 0.6 is 0 Å². The Morgan fingerprint density at radius 1 is 1.33 bits per heavy atom. The molecule has 0 aliphatic carbocycles. The summed E-state index contributed by atoms with van der Waals surface area (Å²) in [6, 6.07) is 11.0. The van der Waals surface area contributed by atoms with Gasteiger partial charge in [-0.05, 0) is 12.0 Å². The van der Waals surface area contributed by atoms with Crippen LogP contribution in [0.3, 0.4) is 0 Å². The Hall–Kier alpha value is -1.31. The fourth-order valence-electron chi connectivity index (χ4n) is 1.42. The Morgan fingerprint density at radius 2 is 2.17 bits per heavy atom. The van der Waals surface area contributed by atoms with E-state index in [1.54, 1.807) is 0 Å². The molecule has 1 atom stereocenters. The molecule has 0 spiro atoms. The largest absolute Gasteiger partial charge is 0.307 e. The van der Waals surface area contributed by atoms with E-state index in [0.29, 0.717) is 6.04 Å². The number of rotatable bonds is 2. The Balaban J connectivity index is 1.95. The van der Waals surface area contributed by atoms with E-state index in [4.69, 9.17) is 0 Å². The summed E-state index contributed by atoms with van der Waals surface area (Å²) >= 11 is 0. The lowest BCUT2D eigenvalue weighted by atomic mass is 10.1. The third kappa shape index (κ3) is 1.64. The molecule has 62 valence electrons. The third-order valence-corrected chi connectivity index (χ3v) is 2.06. The number of benzene rings is 1. The van der Waals surface area contributed by atoms with Gasteiger partial charge in [0.15, 0.2) is 0 Å². The molecule has 0 radical (unpaired) electrons. The topological polar surface area (TPSA) is 24.4 Å². The lowest BCUT2D eigenvalue weighted by Gasteiger charge is -2.08. The summed E-state index contributed by atoms with van der Waals surface area (Å²) in [5, 5.41) is 3.99. The maximum atomic E-state index is 3.99. The molecule has 1 aliphatic rings. The molecule has 0 aromatic heterocycles. The maximum Gasteiger partial charge on any atom is 0.0530 e. The van der Waals surface area contributed by atoms with Gasteiger partial charge in [-0.25, -0.2) is 0 Å². The van der Waals surface area contributed by atoms with Crippen LogP contribution in [0.5, 0.6) is 0 Å². The summed E-state index contributed by atoms with van der Waals surface area (Å²) in [5.41, 5.74) is 4.45. The molecule has 12 heavy (non-hydrogen) atoms. The molecule has 0 bridgehead atoms. The van der Waals surface area contributed by atoms with Gasteiger partial charge in [0.2, 0.25) is 0 Å². The number of hydrogen-bond donors (Lipinski definition) is 1. The van der Waals surface area contributed by atoms with Crippen molar-refractivity contribution in [1.29, 1.82) is 0 Å². The van der Waals surface area contributed by atoms with Crippen LogP contribution in [0.4, 0.5) is 0 Å². The average Bonchev–Trinajstić information content (AvgIpc) is 2.59. The van der Waals surface area contributed by atoms with Gasteiger partial charge >= 0.3 is 0 Å². The maximum absolute atomic E-state index is 3.99. The minimum absolute atomic E-state index is 0.507. The van der Waals surface area contributed by atoms with Crippen LogP contribution in [-0.2, 0) is 6.42 Å².